The average Bonchev–Trinajstić information content (AvgIpc) is 2.67. The zero-order chi connectivity index (χ0) is 20.5. The molecule has 1 aliphatic carbocycles. The maximum Gasteiger partial charge on any atom is 0.321 e. The van der Waals surface area contributed by atoms with Crippen LogP contribution in [0.3, 0.4) is 0 Å². The first-order chi connectivity index (χ1) is 13.4. The highest BCUT2D eigenvalue weighted by Gasteiger charge is 2.26. The van der Waals surface area contributed by atoms with Gasteiger partial charge in [-0.15, -0.1) is 0 Å². The van der Waals surface area contributed by atoms with Gasteiger partial charge in [0.25, 0.3) is 11.8 Å². The van der Waals surface area contributed by atoms with Crippen LogP contribution in [0.1, 0.15) is 39.0 Å². The second-order valence-electron chi connectivity index (χ2n) is 7.32. The van der Waals surface area contributed by atoms with Gasteiger partial charge in [-0.3, -0.25) is 14.9 Å². The number of hydrogen-bond acceptors (Lipinski definition) is 4. The number of ether oxygens (including phenoxy) is 1. The summed E-state index contributed by atoms with van der Waals surface area (Å²) < 4.78 is 5.13. The van der Waals surface area contributed by atoms with Crippen LogP contribution < -0.4 is 25.6 Å². The molecule has 1 aromatic carbocycles. The molecule has 2 rings (SSSR count). The Kier molecular flexibility index (Phi) is 8.25. The third-order valence-electron chi connectivity index (χ3n) is 5.10. The maximum atomic E-state index is 12.3. The molecule has 0 radical (unpaired) electrons. The molecule has 1 unspecified atom stereocenters. The van der Waals surface area contributed by atoms with E-state index >= 15 is 0 Å². The van der Waals surface area contributed by atoms with E-state index in [9.17, 15) is 14.4 Å². The van der Waals surface area contributed by atoms with Crippen molar-refractivity contribution in [2.45, 2.75) is 51.1 Å². The van der Waals surface area contributed by atoms with E-state index < -0.39 is 18.0 Å². The highest BCUT2D eigenvalue weighted by Crippen LogP contribution is 2.17. The average molecular weight is 391 g/mol. The molecular weight excluding hydrogens is 360 g/mol. The molecule has 1 fully saturated rings. The summed E-state index contributed by atoms with van der Waals surface area (Å²) in [6.45, 7) is 1.79. The normalized spacial score (nSPS) is 16.5. The predicted molar refractivity (Wildman–Crippen MR) is 106 cm³/mol. The monoisotopic (exact) mass is 391 g/mol. The van der Waals surface area contributed by atoms with E-state index in [-0.39, 0.29) is 18.5 Å². The Bertz CT molecular complexity index is 689. The van der Waals surface area contributed by atoms with Crippen molar-refractivity contribution < 1.29 is 24.0 Å². The number of benzene rings is 1. The van der Waals surface area contributed by atoms with Crippen LogP contribution in [0.25, 0.3) is 0 Å². The molecule has 28 heavy (non-hydrogen) atoms. The van der Waals surface area contributed by atoms with Gasteiger partial charge >= 0.3 is 6.03 Å². The SMILES string of the molecule is COc1cccc(NC(=O)C[NH+](C)[C@@H](C)C(=O)NC(=O)NC2CCCCC2)c1. The molecule has 0 saturated heterocycles. The number of anilines is 1. The van der Waals surface area contributed by atoms with E-state index in [0.29, 0.717) is 16.3 Å². The molecule has 4 N–H and O–H groups in total. The molecule has 1 aromatic rings. The lowest BCUT2D eigenvalue weighted by molar-refractivity contribution is -0.885. The van der Waals surface area contributed by atoms with E-state index in [4.69, 9.17) is 4.74 Å². The molecule has 8 heteroatoms. The quantitative estimate of drug-likeness (QED) is 0.550. The van der Waals surface area contributed by atoms with Gasteiger partial charge in [0, 0.05) is 17.8 Å². The van der Waals surface area contributed by atoms with Gasteiger partial charge in [-0.1, -0.05) is 25.3 Å². The van der Waals surface area contributed by atoms with E-state index in [1.165, 1.54) is 6.42 Å². The fourth-order valence-corrected chi connectivity index (χ4v) is 3.22. The summed E-state index contributed by atoms with van der Waals surface area (Å²) in [4.78, 5) is 37.3. The van der Waals surface area contributed by atoms with Crippen molar-refractivity contribution >= 4 is 23.5 Å². The van der Waals surface area contributed by atoms with E-state index in [0.717, 1.165) is 25.7 Å². The summed E-state index contributed by atoms with van der Waals surface area (Å²) >= 11 is 0. The molecule has 8 nitrogen and oxygen atoms in total. The van der Waals surface area contributed by atoms with Gasteiger partial charge in [-0.05, 0) is 31.9 Å². The predicted octanol–water partition coefficient (Wildman–Crippen LogP) is 0.695. The number of likely N-dealkylation sites (N-methyl/N-ethyl adjacent to an activating group) is 1. The molecule has 0 heterocycles. The molecule has 0 aromatic heterocycles. The zero-order valence-corrected chi connectivity index (χ0v) is 16.8. The Morgan fingerprint density at radius 2 is 1.93 bits per heavy atom. The fraction of sp³-hybridized carbons (Fsp3) is 0.550. The van der Waals surface area contributed by atoms with Crippen molar-refractivity contribution in [2.24, 2.45) is 0 Å². The summed E-state index contributed by atoms with van der Waals surface area (Å²) in [6, 6.07) is 6.19. The molecule has 0 bridgehead atoms. The number of imide groups is 1. The van der Waals surface area contributed by atoms with Crippen molar-refractivity contribution in [2.75, 3.05) is 26.0 Å². The lowest BCUT2D eigenvalue weighted by Crippen LogP contribution is -3.15. The van der Waals surface area contributed by atoms with Gasteiger partial charge in [-0.2, -0.15) is 0 Å². The maximum absolute atomic E-state index is 12.3. The summed E-state index contributed by atoms with van der Waals surface area (Å²) in [5.41, 5.74) is 0.626. The van der Waals surface area contributed by atoms with Crippen molar-refractivity contribution in [3.63, 3.8) is 0 Å². The van der Waals surface area contributed by atoms with E-state index in [1.807, 2.05) is 0 Å². The van der Waals surface area contributed by atoms with Crippen LogP contribution in [0.5, 0.6) is 5.75 Å². The van der Waals surface area contributed by atoms with Crippen molar-refractivity contribution in [3.8, 4) is 5.75 Å². The lowest BCUT2D eigenvalue weighted by Gasteiger charge is -2.24. The highest BCUT2D eigenvalue weighted by molar-refractivity contribution is 5.96. The van der Waals surface area contributed by atoms with Gasteiger partial charge in [-0.25, -0.2) is 4.79 Å². The van der Waals surface area contributed by atoms with Crippen molar-refractivity contribution in [1.82, 2.24) is 10.6 Å². The lowest BCUT2D eigenvalue weighted by atomic mass is 9.96. The first-order valence-electron chi connectivity index (χ1n) is 9.76. The number of amides is 4. The summed E-state index contributed by atoms with van der Waals surface area (Å²) in [5.74, 6) is 0.0206. The van der Waals surface area contributed by atoms with Crippen LogP contribution in [0.2, 0.25) is 0 Å². The standard InChI is InChI=1S/C20H30N4O4/c1-14(19(26)23-20(27)22-15-8-5-4-6-9-15)24(2)13-18(25)21-16-10-7-11-17(12-16)28-3/h7,10-12,14-15H,4-6,8-9,13H2,1-3H3,(H,21,25)(H2,22,23,26,27)/p+1/t14-/m0/s1. The van der Waals surface area contributed by atoms with Crippen LogP contribution >= 0.6 is 0 Å². The number of nitrogens with one attached hydrogen (secondary N) is 4. The molecule has 0 aliphatic heterocycles. The van der Waals surface area contributed by atoms with Crippen molar-refractivity contribution in [1.29, 1.82) is 0 Å². The van der Waals surface area contributed by atoms with Gasteiger partial charge in [0.2, 0.25) is 0 Å². The number of carbonyl (C=O) groups is 3. The highest BCUT2D eigenvalue weighted by atomic mass is 16.5. The number of methoxy groups -OCH3 is 1. The van der Waals surface area contributed by atoms with Crippen LogP contribution in [0, 0.1) is 0 Å². The third kappa shape index (κ3) is 6.84. The molecule has 1 saturated carbocycles. The first-order valence-corrected chi connectivity index (χ1v) is 9.76. The van der Waals surface area contributed by atoms with Gasteiger partial charge in [0.15, 0.2) is 12.6 Å². The number of quaternary nitrogens is 1. The largest absolute Gasteiger partial charge is 0.497 e. The Balaban J connectivity index is 1.78. The Hall–Kier alpha value is -2.61. The number of urea groups is 1. The number of hydrogen-bond donors (Lipinski definition) is 4. The molecule has 4 amide bonds. The Morgan fingerprint density at radius 1 is 1.21 bits per heavy atom. The minimum Gasteiger partial charge on any atom is -0.497 e. The van der Waals surface area contributed by atoms with E-state index in [1.54, 1.807) is 45.3 Å². The van der Waals surface area contributed by atoms with Crippen LogP contribution in [0.4, 0.5) is 10.5 Å². The molecule has 154 valence electrons. The third-order valence-corrected chi connectivity index (χ3v) is 5.10. The minimum absolute atomic E-state index is 0.0933. The second-order valence-corrected chi connectivity index (χ2v) is 7.32. The Morgan fingerprint density at radius 3 is 2.61 bits per heavy atom. The van der Waals surface area contributed by atoms with Gasteiger partial charge in [0.05, 0.1) is 14.2 Å². The smallest absolute Gasteiger partial charge is 0.321 e. The number of rotatable bonds is 7. The molecular formula is C20H31N4O4+. The first kappa shape index (κ1) is 21.7. The zero-order valence-electron chi connectivity index (χ0n) is 16.8. The second kappa shape index (κ2) is 10.7. The van der Waals surface area contributed by atoms with Gasteiger partial charge in [0.1, 0.15) is 5.75 Å². The minimum atomic E-state index is -0.548. The summed E-state index contributed by atoms with van der Waals surface area (Å²) in [7, 11) is 3.30. The van der Waals surface area contributed by atoms with Gasteiger partial charge < -0.3 is 20.3 Å². The molecule has 2 atom stereocenters. The topological polar surface area (TPSA) is 101 Å². The van der Waals surface area contributed by atoms with Crippen LogP contribution in [-0.4, -0.2) is 50.6 Å². The fourth-order valence-electron chi connectivity index (χ4n) is 3.22. The van der Waals surface area contributed by atoms with Crippen molar-refractivity contribution in [3.05, 3.63) is 24.3 Å². The summed E-state index contributed by atoms with van der Waals surface area (Å²) in [5, 5.41) is 8.03. The van der Waals surface area contributed by atoms with E-state index in [2.05, 4.69) is 16.0 Å². The molecule has 0 spiro atoms. The number of carbonyl (C=O) groups excluding carboxylic acids is 3. The molecule has 1 aliphatic rings. The van der Waals surface area contributed by atoms with Crippen LogP contribution in [0.15, 0.2) is 24.3 Å². The van der Waals surface area contributed by atoms with Crippen LogP contribution in [-0.2, 0) is 9.59 Å². The Labute approximate surface area is 166 Å². The summed E-state index contributed by atoms with van der Waals surface area (Å²) in [6.07, 6.45) is 5.30.